The van der Waals surface area contributed by atoms with Crippen molar-refractivity contribution in [3.05, 3.63) is 42.1 Å². The molecule has 0 aliphatic carbocycles. The highest BCUT2D eigenvalue weighted by atomic mass is 32.1. The summed E-state index contributed by atoms with van der Waals surface area (Å²) in [7, 11) is 1.31. The van der Waals surface area contributed by atoms with Gasteiger partial charge in [-0.2, -0.15) is 0 Å². The van der Waals surface area contributed by atoms with Crippen molar-refractivity contribution in [2.75, 3.05) is 7.11 Å². The van der Waals surface area contributed by atoms with E-state index in [0.717, 1.165) is 10.9 Å². The summed E-state index contributed by atoms with van der Waals surface area (Å²) in [5.74, 6) is -0.883. The number of nitrogens with zero attached hydrogens (tertiary/aromatic N) is 3. The van der Waals surface area contributed by atoms with Gasteiger partial charge in [0.05, 0.1) is 23.6 Å². The van der Waals surface area contributed by atoms with Crippen molar-refractivity contribution in [1.82, 2.24) is 15.0 Å². The third-order valence-corrected chi connectivity index (χ3v) is 3.66. The standard InChI is InChI=1S/C13H8FN3O2S/c1-19-13(18)8-3-10-11(16-5-8)17-12(20-10)7-2-9(14)6-15-4-7/h2-6H,1H3. The van der Waals surface area contributed by atoms with Gasteiger partial charge in [0.25, 0.3) is 0 Å². The van der Waals surface area contributed by atoms with Crippen molar-refractivity contribution >= 4 is 27.7 Å². The Hall–Kier alpha value is -2.41. The van der Waals surface area contributed by atoms with Crippen LogP contribution >= 0.6 is 11.3 Å². The maximum Gasteiger partial charge on any atom is 0.339 e. The van der Waals surface area contributed by atoms with Crippen molar-refractivity contribution in [1.29, 1.82) is 0 Å². The summed E-state index contributed by atoms with van der Waals surface area (Å²) in [6.07, 6.45) is 4.06. The maximum absolute atomic E-state index is 13.2. The molecule has 3 aromatic heterocycles. The first kappa shape index (κ1) is 12.6. The minimum atomic E-state index is -0.457. The summed E-state index contributed by atoms with van der Waals surface area (Å²) in [6.45, 7) is 0. The molecule has 0 amide bonds. The molecule has 0 spiro atoms. The van der Waals surface area contributed by atoms with Gasteiger partial charge in [-0.15, -0.1) is 11.3 Å². The Morgan fingerprint density at radius 1 is 1.30 bits per heavy atom. The van der Waals surface area contributed by atoms with Gasteiger partial charge in [0.15, 0.2) is 5.65 Å². The average molecular weight is 289 g/mol. The molecule has 0 N–H and O–H groups in total. The van der Waals surface area contributed by atoms with Crippen LogP contribution in [0, 0.1) is 5.82 Å². The highest BCUT2D eigenvalue weighted by Crippen LogP contribution is 2.29. The molecule has 3 rings (SSSR count). The van der Waals surface area contributed by atoms with E-state index < -0.39 is 11.8 Å². The summed E-state index contributed by atoms with van der Waals surface area (Å²) < 4.78 is 18.5. The molecule has 0 unspecified atom stereocenters. The van der Waals surface area contributed by atoms with Crippen LogP contribution in [0.1, 0.15) is 10.4 Å². The minimum Gasteiger partial charge on any atom is -0.465 e. The lowest BCUT2D eigenvalue weighted by Gasteiger charge is -1.96. The Morgan fingerprint density at radius 3 is 2.90 bits per heavy atom. The number of hydrogen-bond acceptors (Lipinski definition) is 6. The molecule has 100 valence electrons. The molecular formula is C13H8FN3O2S. The molecular weight excluding hydrogens is 281 g/mol. The first-order chi connectivity index (χ1) is 9.67. The second-order valence-electron chi connectivity index (χ2n) is 3.95. The summed E-state index contributed by atoms with van der Waals surface area (Å²) in [5.41, 5.74) is 1.43. The largest absolute Gasteiger partial charge is 0.465 e. The summed E-state index contributed by atoms with van der Waals surface area (Å²) >= 11 is 1.31. The lowest BCUT2D eigenvalue weighted by Crippen LogP contribution is -2.01. The fourth-order valence-corrected chi connectivity index (χ4v) is 2.65. The Kier molecular flexibility index (Phi) is 3.11. The van der Waals surface area contributed by atoms with Crippen LogP contribution in [0.15, 0.2) is 30.7 Å². The van der Waals surface area contributed by atoms with Gasteiger partial charge in [0, 0.05) is 18.0 Å². The zero-order chi connectivity index (χ0) is 14.1. The van der Waals surface area contributed by atoms with Crippen LogP contribution in [0.4, 0.5) is 4.39 Å². The molecule has 0 saturated carbocycles. The van der Waals surface area contributed by atoms with E-state index >= 15 is 0 Å². The number of rotatable bonds is 2. The first-order valence-electron chi connectivity index (χ1n) is 5.63. The van der Waals surface area contributed by atoms with Gasteiger partial charge in [-0.25, -0.2) is 19.2 Å². The summed E-state index contributed by atoms with van der Waals surface area (Å²) in [4.78, 5) is 23.6. The van der Waals surface area contributed by atoms with E-state index in [0.29, 0.717) is 21.8 Å². The van der Waals surface area contributed by atoms with Gasteiger partial charge >= 0.3 is 5.97 Å². The summed E-state index contributed by atoms with van der Waals surface area (Å²) in [5, 5.41) is 0.599. The molecule has 0 bridgehead atoms. The van der Waals surface area contributed by atoms with Crippen LogP contribution in [-0.2, 0) is 4.74 Å². The predicted octanol–water partition coefficient (Wildman–Crippen LogP) is 2.68. The van der Waals surface area contributed by atoms with E-state index in [-0.39, 0.29) is 0 Å². The molecule has 0 radical (unpaired) electrons. The lowest BCUT2D eigenvalue weighted by molar-refractivity contribution is 0.0600. The van der Waals surface area contributed by atoms with E-state index in [4.69, 9.17) is 0 Å². The quantitative estimate of drug-likeness (QED) is 0.679. The van der Waals surface area contributed by atoms with Gasteiger partial charge in [0.2, 0.25) is 0 Å². The number of hydrogen-bond donors (Lipinski definition) is 0. The van der Waals surface area contributed by atoms with Crippen molar-refractivity contribution < 1.29 is 13.9 Å². The van der Waals surface area contributed by atoms with Crippen molar-refractivity contribution in [3.63, 3.8) is 0 Å². The van der Waals surface area contributed by atoms with Crippen molar-refractivity contribution in [2.24, 2.45) is 0 Å². The number of carbonyl (C=O) groups excluding carboxylic acids is 1. The van der Waals surface area contributed by atoms with Gasteiger partial charge in [-0.3, -0.25) is 4.98 Å². The van der Waals surface area contributed by atoms with E-state index in [1.165, 1.54) is 36.9 Å². The number of carbonyl (C=O) groups is 1. The molecule has 0 fully saturated rings. The van der Waals surface area contributed by atoms with Gasteiger partial charge in [-0.1, -0.05) is 0 Å². The molecule has 0 atom stereocenters. The highest BCUT2D eigenvalue weighted by Gasteiger charge is 2.12. The zero-order valence-electron chi connectivity index (χ0n) is 10.3. The third-order valence-electron chi connectivity index (χ3n) is 2.62. The number of pyridine rings is 2. The summed E-state index contributed by atoms with van der Waals surface area (Å²) in [6, 6.07) is 3.01. The van der Waals surface area contributed by atoms with Crippen LogP contribution in [0.5, 0.6) is 0 Å². The molecule has 0 aliphatic heterocycles. The monoisotopic (exact) mass is 289 g/mol. The molecule has 0 saturated heterocycles. The molecule has 20 heavy (non-hydrogen) atoms. The number of halogens is 1. The average Bonchev–Trinajstić information content (AvgIpc) is 2.89. The Bertz CT molecular complexity index is 803. The number of aromatic nitrogens is 3. The Balaban J connectivity index is 2.09. The fraction of sp³-hybridized carbons (Fsp3) is 0.0769. The zero-order valence-corrected chi connectivity index (χ0v) is 11.1. The fourth-order valence-electron chi connectivity index (χ4n) is 1.70. The van der Waals surface area contributed by atoms with Crippen LogP contribution in [0.25, 0.3) is 20.9 Å². The van der Waals surface area contributed by atoms with Gasteiger partial charge in [0.1, 0.15) is 10.8 Å². The van der Waals surface area contributed by atoms with Gasteiger partial charge < -0.3 is 4.74 Å². The van der Waals surface area contributed by atoms with Crippen LogP contribution in [-0.4, -0.2) is 28.0 Å². The maximum atomic E-state index is 13.2. The molecule has 3 heterocycles. The molecule has 5 nitrogen and oxygen atoms in total. The molecule has 0 aromatic carbocycles. The molecule has 0 aliphatic rings. The normalized spacial score (nSPS) is 10.7. The second kappa shape index (κ2) is 4.93. The predicted molar refractivity (Wildman–Crippen MR) is 71.9 cm³/mol. The van der Waals surface area contributed by atoms with Crippen LogP contribution in [0.3, 0.4) is 0 Å². The number of fused-ring (bicyclic) bond motifs is 1. The Labute approximate surface area is 117 Å². The third kappa shape index (κ3) is 2.23. The van der Waals surface area contributed by atoms with Crippen molar-refractivity contribution in [3.8, 4) is 10.6 Å². The topological polar surface area (TPSA) is 65.0 Å². The molecule has 3 aromatic rings. The number of thiazole rings is 1. The number of methoxy groups -OCH3 is 1. The van der Waals surface area contributed by atoms with E-state index in [1.54, 1.807) is 6.07 Å². The van der Waals surface area contributed by atoms with Crippen LogP contribution < -0.4 is 0 Å². The Morgan fingerprint density at radius 2 is 2.15 bits per heavy atom. The second-order valence-corrected chi connectivity index (χ2v) is 4.98. The van der Waals surface area contributed by atoms with E-state index in [1.807, 2.05) is 0 Å². The molecule has 7 heteroatoms. The minimum absolute atomic E-state index is 0.354. The van der Waals surface area contributed by atoms with Gasteiger partial charge in [-0.05, 0) is 12.1 Å². The smallest absolute Gasteiger partial charge is 0.339 e. The number of esters is 1. The van der Waals surface area contributed by atoms with E-state index in [9.17, 15) is 9.18 Å². The SMILES string of the molecule is COC(=O)c1cnc2nc(-c3cncc(F)c3)sc2c1. The van der Waals surface area contributed by atoms with E-state index in [2.05, 4.69) is 19.7 Å². The first-order valence-corrected chi connectivity index (χ1v) is 6.45. The lowest BCUT2D eigenvalue weighted by atomic mass is 10.3. The van der Waals surface area contributed by atoms with Crippen LogP contribution in [0.2, 0.25) is 0 Å². The van der Waals surface area contributed by atoms with Crippen molar-refractivity contribution in [2.45, 2.75) is 0 Å². The number of ether oxygens (including phenoxy) is 1. The highest BCUT2D eigenvalue weighted by molar-refractivity contribution is 7.21.